The van der Waals surface area contributed by atoms with Crippen LogP contribution in [0.4, 0.5) is 0 Å². The molecule has 0 atom stereocenters. The van der Waals surface area contributed by atoms with Crippen LogP contribution in [0, 0.1) is 0 Å². The summed E-state index contributed by atoms with van der Waals surface area (Å²) in [6.45, 7) is 0.738. The fraction of sp³-hybridized carbons (Fsp3) is 0.125. The van der Waals surface area contributed by atoms with Crippen LogP contribution in [-0.2, 0) is 4.79 Å². The first-order valence-corrected chi connectivity index (χ1v) is 6.33. The summed E-state index contributed by atoms with van der Waals surface area (Å²) in [4.78, 5) is 15.7. The molecule has 3 rings (SSSR count). The van der Waals surface area contributed by atoms with Crippen molar-refractivity contribution in [2.75, 3.05) is 6.54 Å². The number of benzene rings is 1. The average molecular weight is 250 g/mol. The fourth-order valence-corrected chi connectivity index (χ4v) is 2.28. The van der Waals surface area contributed by atoms with Crippen molar-refractivity contribution in [1.82, 2.24) is 10.3 Å². The van der Waals surface area contributed by atoms with E-state index in [-0.39, 0.29) is 5.91 Å². The van der Waals surface area contributed by atoms with Crippen LogP contribution in [0.3, 0.4) is 0 Å². The van der Waals surface area contributed by atoms with Crippen molar-refractivity contribution in [3.8, 4) is 11.1 Å². The Morgan fingerprint density at radius 3 is 2.63 bits per heavy atom. The minimum atomic E-state index is 0.0459. The quantitative estimate of drug-likeness (QED) is 0.832. The van der Waals surface area contributed by atoms with Gasteiger partial charge in [0.15, 0.2) is 0 Å². The highest BCUT2D eigenvalue weighted by Gasteiger charge is 2.16. The Morgan fingerprint density at radius 1 is 1.11 bits per heavy atom. The summed E-state index contributed by atoms with van der Waals surface area (Å²) in [5, 5.41) is 2.83. The van der Waals surface area contributed by atoms with Crippen molar-refractivity contribution in [1.29, 1.82) is 0 Å². The predicted octanol–water partition coefficient (Wildman–Crippen LogP) is 2.65. The smallest absolute Gasteiger partial charge is 0.247 e. The first-order valence-electron chi connectivity index (χ1n) is 6.33. The van der Waals surface area contributed by atoms with E-state index in [2.05, 4.69) is 16.4 Å². The van der Waals surface area contributed by atoms with Gasteiger partial charge in [-0.15, -0.1) is 0 Å². The van der Waals surface area contributed by atoms with Crippen molar-refractivity contribution < 1.29 is 4.79 Å². The molecule has 0 unspecified atom stereocenters. The lowest BCUT2D eigenvalue weighted by Crippen LogP contribution is -2.14. The van der Waals surface area contributed by atoms with Crippen LogP contribution in [0.5, 0.6) is 0 Å². The number of amides is 1. The molecule has 2 aromatic rings. The van der Waals surface area contributed by atoms with E-state index >= 15 is 0 Å². The van der Waals surface area contributed by atoms with Gasteiger partial charge in [-0.05, 0) is 41.3 Å². The van der Waals surface area contributed by atoms with Crippen LogP contribution in [0.2, 0.25) is 0 Å². The maximum atomic E-state index is 11.6. The van der Waals surface area contributed by atoms with E-state index in [0.29, 0.717) is 0 Å². The first kappa shape index (κ1) is 11.7. The summed E-state index contributed by atoms with van der Waals surface area (Å²) in [5.74, 6) is 0.0459. The van der Waals surface area contributed by atoms with Gasteiger partial charge in [-0.25, -0.2) is 0 Å². The summed E-state index contributed by atoms with van der Waals surface area (Å²) in [5.41, 5.74) is 4.15. The molecule has 0 aliphatic carbocycles. The van der Waals surface area contributed by atoms with Crippen molar-refractivity contribution in [3.05, 3.63) is 59.9 Å². The third-order valence-corrected chi connectivity index (χ3v) is 3.25. The van der Waals surface area contributed by atoms with Gasteiger partial charge in [-0.3, -0.25) is 9.78 Å². The SMILES string of the molecule is O=C1NCCC1=Cc1ccccc1-c1ccncc1. The molecule has 1 saturated heterocycles. The molecule has 1 aromatic carbocycles. The number of nitrogens with zero attached hydrogens (tertiary/aromatic N) is 1. The minimum Gasteiger partial charge on any atom is -0.352 e. The second kappa shape index (κ2) is 5.06. The molecule has 0 bridgehead atoms. The van der Waals surface area contributed by atoms with Crippen LogP contribution in [0.15, 0.2) is 54.4 Å². The van der Waals surface area contributed by atoms with Crippen LogP contribution in [0.1, 0.15) is 12.0 Å². The molecule has 1 amide bonds. The van der Waals surface area contributed by atoms with Gasteiger partial charge < -0.3 is 5.32 Å². The number of carbonyl (C=O) groups is 1. The molecule has 1 aliphatic heterocycles. The Balaban J connectivity index is 2.06. The molecule has 1 N–H and O–H groups in total. The number of pyridine rings is 1. The van der Waals surface area contributed by atoms with Gasteiger partial charge >= 0.3 is 0 Å². The van der Waals surface area contributed by atoms with Gasteiger partial charge in [-0.1, -0.05) is 24.3 Å². The van der Waals surface area contributed by atoms with Crippen LogP contribution in [0.25, 0.3) is 17.2 Å². The molecule has 19 heavy (non-hydrogen) atoms. The summed E-state index contributed by atoms with van der Waals surface area (Å²) < 4.78 is 0. The highest BCUT2D eigenvalue weighted by Crippen LogP contribution is 2.26. The molecular formula is C16H14N2O. The lowest BCUT2D eigenvalue weighted by atomic mass is 9.98. The maximum absolute atomic E-state index is 11.6. The monoisotopic (exact) mass is 250 g/mol. The summed E-state index contributed by atoms with van der Waals surface area (Å²) in [6, 6.07) is 12.1. The number of aromatic nitrogens is 1. The highest BCUT2D eigenvalue weighted by atomic mass is 16.1. The van der Waals surface area contributed by atoms with Gasteiger partial charge in [0.05, 0.1) is 0 Å². The molecule has 0 spiro atoms. The zero-order valence-corrected chi connectivity index (χ0v) is 10.5. The molecule has 1 fully saturated rings. The number of hydrogen-bond acceptors (Lipinski definition) is 2. The minimum absolute atomic E-state index is 0.0459. The number of rotatable bonds is 2. The molecule has 2 heterocycles. The second-order valence-corrected chi connectivity index (χ2v) is 4.50. The zero-order chi connectivity index (χ0) is 13.1. The van der Waals surface area contributed by atoms with Crippen molar-refractivity contribution in [2.45, 2.75) is 6.42 Å². The first-order chi connectivity index (χ1) is 9.34. The van der Waals surface area contributed by atoms with Crippen molar-refractivity contribution >= 4 is 12.0 Å². The molecule has 1 aromatic heterocycles. The Hall–Kier alpha value is -2.42. The summed E-state index contributed by atoms with van der Waals surface area (Å²) in [7, 11) is 0. The van der Waals surface area contributed by atoms with Gasteiger partial charge in [0, 0.05) is 24.5 Å². The zero-order valence-electron chi connectivity index (χ0n) is 10.5. The Kier molecular flexibility index (Phi) is 3.11. The van der Waals surface area contributed by atoms with E-state index in [1.807, 2.05) is 36.4 Å². The van der Waals surface area contributed by atoms with E-state index < -0.39 is 0 Å². The fourth-order valence-electron chi connectivity index (χ4n) is 2.28. The third kappa shape index (κ3) is 2.40. The molecule has 0 saturated carbocycles. The van der Waals surface area contributed by atoms with E-state index in [9.17, 15) is 4.79 Å². The molecule has 94 valence electrons. The molecular weight excluding hydrogens is 236 g/mol. The topological polar surface area (TPSA) is 42.0 Å². The van der Waals surface area contributed by atoms with E-state index in [1.54, 1.807) is 12.4 Å². The lowest BCUT2D eigenvalue weighted by Gasteiger charge is -2.06. The van der Waals surface area contributed by atoms with E-state index in [1.165, 1.54) is 0 Å². The highest BCUT2D eigenvalue weighted by molar-refractivity contribution is 6.00. The number of carbonyl (C=O) groups excluding carboxylic acids is 1. The molecule has 0 radical (unpaired) electrons. The summed E-state index contributed by atoms with van der Waals surface area (Å²) >= 11 is 0. The van der Waals surface area contributed by atoms with Crippen molar-refractivity contribution in [2.24, 2.45) is 0 Å². The third-order valence-electron chi connectivity index (χ3n) is 3.25. The van der Waals surface area contributed by atoms with E-state index in [0.717, 1.165) is 35.2 Å². The van der Waals surface area contributed by atoms with Gasteiger partial charge in [0.1, 0.15) is 0 Å². The number of hydrogen-bond donors (Lipinski definition) is 1. The molecule has 3 heteroatoms. The molecule has 3 nitrogen and oxygen atoms in total. The lowest BCUT2D eigenvalue weighted by molar-refractivity contribution is -0.116. The Morgan fingerprint density at radius 2 is 1.89 bits per heavy atom. The molecule has 1 aliphatic rings. The van der Waals surface area contributed by atoms with Crippen LogP contribution in [-0.4, -0.2) is 17.4 Å². The van der Waals surface area contributed by atoms with Gasteiger partial charge in [-0.2, -0.15) is 0 Å². The Labute approximate surface area is 112 Å². The largest absolute Gasteiger partial charge is 0.352 e. The summed E-state index contributed by atoms with van der Waals surface area (Å²) in [6.07, 6.45) is 6.34. The van der Waals surface area contributed by atoms with Gasteiger partial charge in [0.2, 0.25) is 5.91 Å². The number of nitrogens with one attached hydrogen (secondary N) is 1. The second-order valence-electron chi connectivity index (χ2n) is 4.50. The standard InChI is InChI=1S/C16H14N2O/c19-16-14(7-10-18-16)11-13-3-1-2-4-15(13)12-5-8-17-9-6-12/h1-6,8-9,11H,7,10H2,(H,18,19). The maximum Gasteiger partial charge on any atom is 0.247 e. The Bertz CT molecular complexity index is 632. The van der Waals surface area contributed by atoms with Crippen LogP contribution >= 0.6 is 0 Å². The predicted molar refractivity (Wildman–Crippen MR) is 75.3 cm³/mol. The van der Waals surface area contributed by atoms with Gasteiger partial charge in [0.25, 0.3) is 0 Å². The van der Waals surface area contributed by atoms with Crippen molar-refractivity contribution in [3.63, 3.8) is 0 Å². The normalized spacial score (nSPS) is 16.6. The van der Waals surface area contributed by atoms with E-state index in [4.69, 9.17) is 0 Å². The average Bonchev–Trinajstić information content (AvgIpc) is 2.86. The van der Waals surface area contributed by atoms with Crippen LogP contribution < -0.4 is 5.32 Å².